The number of anilines is 1. The highest BCUT2D eigenvalue weighted by Crippen LogP contribution is 2.27. The van der Waals surface area contributed by atoms with Crippen LogP contribution < -0.4 is 10.6 Å². The Morgan fingerprint density at radius 3 is 2.48 bits per heavy atom. The Hall–Kier alpha value is -2.41. The molecule has 3 rings (SSSR count). The lowest BCUT2D eigenvalue weighted by molar-refractivity contribution is 0.251. The first-order valence-corrected chi connectivity index (χ1v) is 10.9. The molecule has 1 aliphatic rings. The summed E-state index contributed by atoms with van der Waals surface area (Å²) in [5.41, 5.74) is 1.45. The predicted molar refractivity (Wildman–Crippen MR) is 105 cm³/mol. The van der Waals surface area contributed by atoms with Gasteiger partial charge < -0.3 is 10.6 Å². The topological polar surface area (TPSA) is 88.2 Å². The molecule has 27 heavy (non-hydrogen) atoms. The fraction of sp³-hybridized carbons (Fsp3) is 0.400. The number of carbonyl (C=O) groups is 1. The second-order valence-electron chi connectivity index (χ2n) is 6.98. The minimum absolute atomic E-state index is 0.214. The second kappa shape index (κ2) is 8.99. The van der Waals surface area contributed by atoms with E-state index in [2.05, 4.69) is 15.6 Å². The van der Waals surface area contributed by atoms with E-state index >= 15 is 0 Å². The van der Waals surface area contributed by atoms with Gasteiger partial charge in [-0.25, -0.2) is 13.2 Å². The van der Waals surface area contributed by atoms with Crippen LogP contribution in [-0.2, 0) is 16.4 Å². The number of sulfone groups is 1. The third-order valence-electron chi connectivity index (χ3n) is 4.83. The van der Waals surface area contributed by atoms with Crippen LogP contribution in [0.5, 0.6) is 0 Å². The Kier molecular flexibility index (Phi) is 6.45. The molecule has 7 heteroatoms. The molecule has 0 bridgehead atoms. The molecule has 1 saturated carbocycles. The fourth-order valence-corrected chi connectivity index (χ4v) is 5.06. The molecule has 6 nitrogen and oxygen atoms in total. The van der Waals surface area contributed by atoms with Crippen molar-refractivity contribution in [2.45, 2.75) is 43.5 Å². The maximum atomic E-state index is 12.6. The Morgan fingerprint density at radius 1 is 1.07 bits per heavy atom. The Bertz CT molecular complexity index is 846. The van der Waals surface area contributed by atoms with E-state index in [-0.39, 0.29) is 17.7 Å². The summed E-state index contributed by atoms with van der Waals surface area (Å²) in [5, 5.41) is 5.45. The van der Waals surface area contributed by atoms with Gasteiger partial charge in [0.05, 0.1) is 10.6 Å². The van der Waals surface area contributed by atoms with Gasteiger partial charge in [0.2, 0.25) is 0 Å². The molecule has 1 aliphatic carbocycles. The van der Waals surface area contributed by atoms with Gasteiger partial charge in [0.25, 0.3) is 0 Å². The van der Waals surface area contributed by atoms with Gasteiger partial charge in [0, 0.05) is 24.6 Å². The highest BCUT2D eigenvalue weighted by atomic mass is 32.2. The zero-order valence-electron chi connectivity index (χ0n) is 15.2. The highest BCUT2D eigenvalue weighted by molar-refractivity contribution is 7.91. The molecule has 0 aliphatic heterocycles. The largest absolute Gasteiger partial charge is 0.334 e. The number of hydrogen-bond donors (Lipinski definition) is 2. The summed E-state index contributed by atoms with van der Waals surface area (Å²) in [4.78, 5) is 16.3. The molecule has 1 fully saturated rings. The summed E-state index contributed by atoms with van der Waals surface area (Å²) in [7, 11) is -3.29. The van der Waals surface area contributed by atoms with E-state index < -0.39 is 9.84 Å². The summed E-state index contributed by atoms with van der Waals surface area (Å²) in [6, 6.07) is 9.70. The first-order chi connectivity index (χ1) is 13.0. The number of carbonyl (C=O) groups excluding carboxylic acids is 1. The first-order valence-electron chi connectivity index (χ1n) is 9.29. The summed E-state index contributed by atoms with van der Waals surface area (Å²) < 4.78 is 25.2. The second-order valence-corrected chi connectivity index (χ2v) is 9.01. The van der Waals surface area contributed by atoms with Crippen LogP contribution in [0.1, 0.15) is 37.7 Å². The zero-order chi connectivity index (χ0) is 19.1. The molecule has 0 radical (unpaired) electrons. The first kappa shape index (κ1) is 19.4. The van der Waals surface area contributed by atoms with Crippen LogP contribution in [-0.4, -0.2) is 25.2 Å². The number of nitrogens with one attached hydrogen (secondary N) is 2. The molecule has 2 aromatic rings. The van der Waals surface area contributed by atoms with Gasteiger partial charge in [-0.3, -0.25) is 4.98 Å². The van der Waals surface area contributed by atoms with Crippen molar-refractivity contribution in [3.05, 3.63) is 54.4 Å². The number of pyridine rings is 1. The van der Waals surface area contributed by atoms with E-state index in [9.17, 15) is 13.2 Å². The number of hydrogen-bond acceptors (Lipinski definition) is 4. The van der Waals surface area contributed by atoms with Gasteiger partial charge in [0.1, 0.15) is 0 Å². The summed E-state index contributed by atoms with van der Waals surface area (Å²) in [5.74, 6) is 0.477. The standard InChI is InChI=1S/C20H25N3O3S/c24-20(22-14-17-7-4-12-21-13-17)23-18-8-10-19(11-9-18)27(25,26)15-16-5-2-1-3-6-16/h4,7-13,16H,1-3,5-6,14-15H2,(H2,22,23,24). The Morgan fingerprint density at radius 2 is 1.81 bits per heavy atom. The summed E-state index contributed by atoms with van der Waals surface area (Å²) in [6.07, 6.45) is 8.81. The van der Waals surface area contributed by atoms with Crippen LogP contribution in [0.2, 0.25) is 0 Å². The third-order valence-corrected chi connectivity index (χ3v) is 6.73. The van der Waals surface area contributed by atoms with E-state index in [0.29, 0.717) is 17.1 Å². The molecule has 0 saturated heterocycles. The minimum Gasteiger partial charge on any atom is -0.334 e. The van der Waals surface area contributed by atoms with Crippen LogP contribution in [0.25, 0.3) is 0 Å². The molecular formula is C20H25N3O3S. The number of aromatic nitrogens is 1. The highest BCUT2D eigenvalue weighted by Gasteiger charge is 2.23. The van der Waals surface area contributed by atoms with Crippen molar-refractivity contribution in [1.29, 1.82) is 0 Å². The van der Waals surface area contributed by atoms with Gasteiger partial charge in [-0.05, 0) is 54.7 Å². The lowest BCUT2D eigenvalue weighted by atomic mass is 9.91. The number of nitrogens with zero attached hydrogens (tertiary/aromatic N) is 1. The number of urea groups is 1. The Balaban J connectivity index is 1.53. The van der Waals surface area contributed by atoms with Crippen LogP contribution in [0.4, 0.5) is 10.5 Å². The Labute approximate surface area is 160 Å². The zero-order valence-corrected chi connectivity index (χ0v) is 16.0. The maximum absolute atomic E-state index is 12.6. The molecule has 1 aromatic carbocycles. The molecule has 0 atom stereocenters. The van der Waals surface area contributed by atoms with Crippen molar-refractivity contribution in [2.24, 2.45) is 5.92 Å². The molecule has 1 heterocycles. The molecule has 144 valence electrons. The number of rotatable bonds is 6. The van der Waals surface area contributed by atoms with Crippen molar-refractivity contribution >= 4 is 21.6 Å². The maximum Gasteiger partial charge on any atom is 0.319 e. The van der Waals surface area contributed by atoms with Gasteiger partial charge in [-0.2, -0.15) is 0 Å². The monoisotopic (exact) mass is 387 g/mol. The normalized spacial score (nSPS) is 15.3. The van der Waals surface area contributed by atoms with Crippen molar-refractivity contribution in [3.63, 3.8) is 0 Å². The van der Waals surface area contributed by atoms with Gasteiger partial charge >= 0.3 is 6.03 Å². The van der Waals surface area contributed by atoms with E-state index in [0.717, 1.165) is 31.2 Å². The molecule has 1 aromatic heterocycles. The molecule has 2 N–H and O–H groups in total. The van der Waals surface area contributed by atoms with E-state index in [1.807, 2.05) is 6.07 Å². The predicted octanol–water partition coefficient (Wildman–Crippen LogP) is 3.76. The van der Waals surface area contributed by atoms with Gasteiger partial charge in [-0.15, -0.1) is 0 Å². The molecule has 2 amide bonds. The molecule has 0 spiro atoms. The number of amides is 2. The third kappa shape index (κ3) is 5.79. The van der Waals surface area contributed by atoms with Crippen molar-refractivity contribution < 1.29 is 13.2 Å². The van der Waals surface area contributed by atoms with Crippen LogP contribution in [0.15, 0.2) is 53.7 Å². The summed E-state index contributed by atoms with van der Waals surface area (Å²) in [6.45, 7) is 0.369. The van der Waals surface area contributed by atoms with Gasteiger partial charge in [0.15, 0.2) is 9.84 Å². The van der Waals surface area contributed by atoms with E-state index in [4.69, 9.17) is 0 Å². The van der Waals surface area contributed by atoms with Crippen LogP contribution in [0, 0.1) is 5.92 Å². The van der Waals surface area contributed by atoms with Crippen molar-refractivity contribution in [3.8, 4) is 0 Å². The average Bonchev–Trinajstić information content (AvgIpc) is 2.68. The average molecular weight is 388 g/mol. The minimum atomic E-state index is -3.29. The quantitative estimate of drug-likeness (QED) is 0.790. The van der Waals surface area contributed by atoms with Crippen LogP contribution in [0.3, 0.4) is 0 Å². The smallest absolute Gasteiger partial charge is 0.319 e. The lowest BCUT2D eigenvalue weighted by Gasteiger charge is -2.21. The summed E-state index contributed by atoms with van der Waals surface area (Å²) >= 11 is 0. The molecule has 0 unspecified atom stereocenters. The number of benzene rings is 1. The SMILES string of the molecule is O=C(NCc1cccnc1)Nc1ccc(S(=O)(=O)CC2CCCCC2)cc1. The van der Waals surface area contributed by atoms with Crippen molar-refractivity contribution in [2.75, 3.05) is 11.1 Å². The molecular weight excluding hydrogens is 362 g/mol. The van der Waals surface area contributed by atoms with Crippen LogP contribution >= 0.6 is 0 Å². The van der Waals surface area contributed by atoms with E-state index in [1.165, 1.54) is 6.42 Å². The van der Waals surface area contributed by atoms with E-state index in [1.54, 1.807) is 42.7 Å². The van der Waals surface area contributed by atoms with Gasteiger partial charge in [-0.1, -0.05) is 25.3 Å². The van der Waals surface area contributed by atoms with Crippen molar-refractivity contribution in [1.82, 2.24) is 10.3 Å². The lowest BCUT2D eigenvalue weighted by Crippen LogP contribution is -2.28. The fourth-order valence-electron chi connectivity index (χ4n) is 3.37.